The van der Waals surface area contributed by atoms with Crippen LogP contribution in [-0.4, -0.2) is 25.2 Å². The maximum Gasteiger partial charge on any atom is 0.181 e. The van der Waals surface area contributed by atoms with Crippen LogP contribution in [0.4, 0.5) is 0 Å². The van der Waals surface area contributed by atoms with Crippen molar-refractivity contribution in [2.24, 2.45) is 5.92 Å². The van der Waals surface area contributed by atoms with Gasteiger partial charge in [-0.25, -0.2) is 4.98 Å². The predicted octanol–water partition coefficient (Wildman–Crippen LogP) is 2.92. The molecule has 0 spiro atoms. The fraction of sp³-hybridized carbons (Fsp3) is 0.800. The first-order valence-electron chi connectivity index (χ1n) is 7.51. The molecule has 1 aliphatic rings. The van der Waals surface area contributed by atoms with Gasteiger partial charge in [-0.15, -0.1) is 0 Å². The summed E-state index contributed by atoms with van der Waals surface area (Å²) in [4.78, 5) is 4.33. The molecule has 1 aromatic heterocycles. The Morgan fingerprint density at radius 3 is 2.84 bits per heavy atom. The first-order chi connectivity index (χ1) is 9.40. The van der Waals surface area contributed by atoms with Crippen molar-refractivity contribution in [2.45, 2.75) is 51.5 Å². The molecule has 0 amide bonds. The van der Waals surface area contributed by atoms with Crippen LogP contribution in [0, 0.1) is 5.92 Å². The van der Waals surface area contributed by atoms with Gasteiger partial charge < -0.3 is 14.5 Å². The quantitative estimate of drug-likeness (QED) is 0.609. The zero-order chi connectivity index (χ0) is 13.3. The molecule has 0 radical (unpaired) electrons. The van der Waals surface area contributed by atoms with Crippen LogP contribution in [0.5, 0.6) is 0 Å². The molecular weight excluding hydrogens is 240 g/mol. The molecule has 0 aromatic carbocycles. The summed E-state index contributed by atoms with van der Waals surface area (Å²) in [6, 6.07) is 0. The van der Waals surface area contributed by atoms with Gasteiger partial charge in [-0.3, -0.25) is 0 Å². The number of rotatable bonds is 7. The maximum atomic E-state index is 5.58. The second kappa shape index (κ2) is 8.33. The Hall–Kier alpha value is -0.870. The zero-order valence-corrected chi connectivity index (χ0v) is 12.0. The number of ether oxygens (including phenoxy) is 1. The number of hydrogen-bond donors (Lipinski definition) is 1. The fourth-order valence-electron chi connectivity index (χ4n) is 2.82. The van der Waals surface area contributed by atoms with E-state index in [1.807, 2.05) is 0 Å². The lowest BCUT2D eigenvalue weighted by Crippen LogP contribution is -2.19. The molecule has 1 heterocycles. The van der Waals surface area contributed by atoms with Gasteiger partial charge in [-0.05, 0) is 5.92 Å². The second-order valence-electron chi connectivity index (χ2n) is 5.45. The van der Waals surface area contributed by atoms with E-state index in [0.717, 1.165) is 43.5 Å². The van der Waals surface area contributed by atoms with Crippen molar-refractivity contribution in [1.29, 1.82) is 0 Å². The van der Waals surface area contributed by atoms with Gasteiger partial charge in [0.05, 0.1) is 12.3 Å². The van der Waals surface area contributed by atoms with Crippen molar-refractivity contribution >= 4 is 0 Å². The molecule has 1 aromatic rings. The third-order valence-corrected chi connectivity index (χ3v) is 3.95. The molecule has 1 aliphatic carbocycles. The van der Waals surface area contributed by atoms with Gasteiger partial charge in [0, 0.05) is 26.6 Å². The molecular formula is C15H26N2O2. The highest BCUT2D eigenvalue weighted by Crippen LogP contribution is 2.26. The number of aromatic nitrogens is 1. The highest BCUT2D eigenvalue weighted by atomic mass is 16.5. The molecule has 1 N–H and O–H groups in total. The Morgan fingerprint density at radius 1 is 1.32 bits per heavy atom. The van der Waals surface area contributed by atoms with Crippen molar-refractivity contribution in [3.8, 4) is 0 Å². The van der Waals surface area contributed by atoms with Gasteiger partial charge in [0.2, 0.25) is 0 Å². The lowest BCUT2D eigenvalue weighted by Gasteiger charge is -2.12. The first kappa shape index (κ1) is 14.5. The van der Waals surface area contributed by atoms with Crippen molar-refractivity contribution in [3.63, 3.8) is 0 Å². The van der Waals surface area contributed by atoms with E-state index in [1.54, 1.807) is 13.5 Å². The average molecular weight is 266 g/mol. The maximum absolute atomic E-state index is 5.58. The van der Waals surface area contributed by atoms with Crippen molar-refractivity contribution in [3.05, 3.63) is 17.8 Å². The van der Waals surface area contributed by atoms with Crippen LogP contribution in [-0.2, 0) is 17.7 Å². The highest BCUT2D eigenvalue weighted by molar-refractivity contribution is 5.08. The monoisotopic (exact) mass is 266 g/mol. The number of nitrogens with zero attached hydrogens (tertiary/aromatic N) is 1. The molecule has 0 saturated heterocycles. The van der Waals surface area contributed by atoms with Crippen LogP contribution < -0.4 is 5.32 Å². The number of oxazole rings is 1. The third kappa shape index (κ3) is 4.96. The van der Waals surface area contributed by atoms with Crippen LogP contribution in [0.25, 0.3) is 0 Å². The fourth-order valence-corrected chi connectivity index (χ4v) is 2.82. The summed E-state index contributed by atoms with van der Waals surface area (Å²) >= 11 is 0. The highest BCUT2D eigenvalue weighted by Gasteiger charge is 2.17. The molecule has 1 saturated carbocycles. The van der Waals surface area contributed by atoms with Gasteiger partial charge >= 0.3 is 0 Å². The van der Waals surface area contributed by atoms with Gasteiger partial charge in [-0.1, -0.05) is 38.5 Å². The van der Waals surface area contributed by atoms with Gasteiger partial charge in [0.15, 0.2) is 6.39 Å². The Labute approximate surface area is 115 Å². The van der Waals surface area contributed by atoms with Crippen molar-refractivity contribution in [2.75, 3.05) is 20.3 Å². The largest absolute Gasteiger partial charge is 0.448 e. The smallest absolute Gasteiger partial charge is 0.181 e. The van der Waals surface area contributed by atoms with E-state index in [0.29, 0.717) is 0 Å². The van der Waals surface area contributed by atoms with Crippen LogP contribution >= 0.6 is 0 Å². The zero-order valence-electron chi connectivity index (χ0n) is 12.0. The molecule has 0 bridgehead atoms. The molecule has 2 rings (SSSR count). The molecule has 4 heteroatoms. The summed E-state index contributed by atoms with van der Waals surface area (Å²) < 4.78 is 10.6. The average Bonchev–Trinajstić information content (AvgIpc) is 2.69. The summed E-state index contributed by atoms with van der Waals surface area (Å²) in [7, 11) is 1.72. The van der Waals surface area contributed by atoms with Crippen LogP contribution in [0.15, 0.2) is 10.8 Å². The normalized spacial score (nSPS) is 17.5. The molecule has 0 unspecified atom stereocenters. The summed E-state index contributed by atoms with van der Waals surface area (Å²) in [6.45, 7) is 2.37. The van der Waals surface area contributed by atoms with Crippen molar-refractivity contribution in [1.82, 2.24) is 10.3 Å². The third-order valence-electron chi connectivity index (χ3n) is 3.95. The van der Waals surface area contributed by atoms with E-state index in [4.69, 9.17) is 9.15 Å². The van der Waals surface area contributed by atoms with E-state index in [-0.39, 0.29) is 0 Å². The number of hydrogen-bond acceptors (Lipinski definition) is 4. The van der Waals surface area contributed by atoms with Gasteiger partial charge in [0.25, 0.3) is 0 Å². The lowest BCUT2D eigenvalue weighted by atomic mass is 9.95. The summed E-state index contributed by atoms with van der Waals surface area (Å²) in [5, 5.41) is 3.33. The molecule has 19 heavy (non-hydrogen) atoms. The van der Waals surface area contributed by atoms with Gasteiger partial charge in [-0.2, -0.15) is 0 Å². The minimum Gasteiger partial charge on any atom is -0.448 e. The molecule has 0 atom stereocenters. The first-order valence-corrected chi connectivity index (χ1v) is 7.51. The Morgan fingerprint density at radius 2 is 2.11 bits per heavy atom. The van der Waals surface area contributed by atoms with E-state index >= 15 is 0 Å². The summed E-state index contributed by atoms with van der Waals surface area (Å²) in [5.74, 6) is 1.87. The summed E-state index contributed by atoms with van der Waals surface area (Å²) in [6.07, 6.45) is 10.9. The van der Waals surface area contributed by atoms with Crippen molar-refractivity contribution < 1.29 is 9.15 Å². The molecule has 108 valence electrons. The molecule has 0 aliphatic heterocycles. The number of nitrogens with one attached hydrogen (secondary N) is 1. The standard InChI is InChI=1S/C15H26N2O2/c1-18-9-8-16-11-14-15(19-12-17-14)10-13-6-4-2-3-5-7-13/h12-13,16H,2-11H2,1H3. The lowest BCUT2D eigenvalue weighted by molar-refractivity contribution is 0.199. The van der Waals surface area contributed by atoms with E-state index < -0.39 is 0 Å². The number of methoxy groups -OCH3 is 1. The van der Waals surface area contributed by atoms with Crippen LogP contribution in [0.3, 0.4) is 0 Å². The topological polar surface area (TPSA) is 47.3 Å². The van der Waals surface area contributed by atoms with E-state index in [9.17, 15) is 0 Å². The minimum atomic E-state index is 0.732. The van der Waals surface area contributed by atoms with E-state index in [2.05, 4.69) is 10.3 Å². The predicted molar refractivity (Wildman–Crippen MR) is 75.0 cm³/mol. The SMILES string of the molecule is COCCNCc1ncoc1CC1CCCCCC1. The van der Waals surface area contributed by atoms with Gasteiger partial charge in [0.1, 0.15) is 5.76 Å². The van der Waals surface area contributed by atoms with Crippen LogP contribution in [0.1, 0.15) is 50.0 Å². The molecule has 4 nitrogen and oxygen atoms in total. The Balaban J connectivity index is 1.80. The molecule has 1 fully saturated rings. The second-order valence-corrected chi connectivity index (χ2v) is 5.45. The minimum absolute atomic E-state index is 0.732. The van der Waals surface area contributed by atoms with E-state index in [1.165, 1.54) is 38.5 Å². The Kier molecular flexibility index (Phi) is 6.37. The Bertz CT molecular complexity index is 344. The van der Waals surface area contributed by atoms with Crippen LogP contribution in [0.2, 0.25) is 0 Å². The summed E-state index contributed by atoms with van der Waals surface area (Å²) in [5.41, 5.74) is 1.07.